The molecule has 32 heavy (non-hydrogen) atoms. The quantitative estimate of drug-likeness (QED) is 0.0993. The highest BCUT2D eigenvalue weighted by Gasteiger charge is 2.16. The van der Waals surface area contributed by atoms with Gasteiger partial charge in [-0.05, 0) is 31.0 Å². The van der Waals surface area contributed by atoms with E-state index in [0.29, 0.717) is 17.7 Å². The number of rotatable bonds is 13. The molecule has 0 aromatic heterocycles. The van der Waals surface area contributed by atoms with Gasteiger partial charge in [0.2, 0.25) is 0 Å². The molecule has 0 unspecified atom stereocenters. The summed E-state index contributed by atoms with van der Waals surface area (Å²) >= 11 is 0. The van der Waals surface area contributed by atoms with Crippen LogP contribution in [0.4, 0.5) is 0 Å². The van der Waals surface area contributed by atoms with Gasteiger partial charge in [-0.15, -0.1) is 0 Å². The van der Waals surface area contributed by atoms with Crippen molar-refractivity contribution < 1.29 is 23.8 Å². The first-order valence-electron chi connectivity index (χ1n) is 10.9. The third-order valence-electron chi connectivity index (χ3n) is 4.89. The van der Waals surface area contributed by atoms with Gasteiger partial charge in [0, 0.05) is 11.1 Å². The van der Waals surface area contributed by atoms with E-state index < -0.39 is 5.97 Å². The van der Waals surface area contributed by atoms with E-state index in [1.54, 1.807) is 0 Å². The fraction of sp³-hybridized carbons (Fsp3) is 0.385. The van der Waals surface area contributed by atoms with Crippen molar-refractivity contribution in [3.8, 4) is 5.75 Å². The first-order valence-corrected chi connectivity index (χ1v) is 10.9. The molecule has 0 aliphatic heterocycles. The molecule has 0 atom stereocenters. The number of oxime groups is 1. The second-order valence-electron chi connectivity index (χ2n) is 7.30. The van der Waals surface area contributed by atoms with Gasteiger partial charge in [0.15, 0.2) is 0 Å². The molecular formula is C26H33NO5. The normalized spacial score (nSPS) is 11.8. The van der Waals surface area contributed by atoms with Gasteiger partial charge in [-0.3, -0.25) is 0 Å². The molecule has 0 aliphatic rings. The Morgan fingerprint density at radius 3 is 2.59 bits per heavy atom. The van der Waals surface area contributed by atoms with Gasteiger partial charge in [-0.2, -0.15) is 0 Å². The molecule has 0 saturated carbocycles. The minimum Gasteiger partial charge on any atom is -0.503 e. The summed E-state index contributed by atoms with van der Waals surface area (Å²) in [5, 5.41) is 4.26. The minimum absolute atomic E-state index is 0.194. The summed E-state index contributed by atoms with van der Waals surface area (Å²) in [7, 11) is 2.82. The van der Waals surface area contributed by atoms with Crippen molar-refractivity contribution in [2.24, 2.45) is 5.16 Å². The predicted octanol–water partition coefficient (Wildman–Crippen LogP) is 5.75. The van der Waals surface area contributed by atoms with Crippen LogP contribution in [-0.4, -0.2) is 32.5 Å². The number of methoxy groups -OCH3 is 2. The largest absolute Gasteiger partial charge is 0.503 e. The highest BCUT2D eigenvalue weighted by Crippen LogP contribution is 2.22. The lowest BCUT2D eigenvalue weighted by atomic mass is 10.0. The highest BCUT2D eigenvalue weighted by molar-refractivity contribution is 6.16. The van der Waals surface area contributed by atoms with Crippen LogP contribution in [0.25, 0.3) is 5.57 Å². The van der Waals surface area contributed by atoms with Crippen LogP contribution in [0.1, 0.15) is 56.2 Å². The first-order chi connectivity index (χ1) is 15.6. The fourth-order valence-corrected chi connectivity index (χ4v) is 3.14. The van der Waals surface area contributed by atoms with Crippen LogP contribution < -0.4 is 4.74 Å². The lowest BCUT2D eigenvalue weighted by molar-refractivity contribution is -0.133. The number of ether oxygens (including phenoxy) is 3. The van der Waals surface area contributed by atoms with Crippen molar-refractivity contribution in [1.82, 2.24) is 0 Å². The Morgan fingerprint density at radius 1 is 1.03 bits per heavy atom. The van der Waals surface area contributed by atoms with E-state index in [4.69, 9.17) is 19.0 Å². The average molecular weight is 440 g/mol. The van der Waals surface area contributed by atoms with E-state index >= 15 is 0 Å². The lowest BCUT2D eigenvalue weighted by Crippen LogP contribution is -2.07. The van der Waals surface area contributed by atoms with Gasteiger partial charge in [0.05, 0.1) is 32.8 Å². The molecule has 6 nitrogen and oxygen atoms in total. The summed E-state index contributed by atoms with van der Waals surface area (Å²) in [6, 6.07) is 15.2. The maximum atomic E-state index is 12.1. The number of nitrogens with zero attached hydrogens (tertiary/aromatic N) is 1. The van der Waals surface area contributed by atoms with Crippen molar-refractivity contribution in [3.05, 3.63) is 71.5 Å². The highest BCUT2D eigenvalue weighted by atomic mass is 16.6. The molecule has 6 heteroatoms. The molecule has 2 aromatic rings. The average Bonchev–Trinajstić information content (AvgIpc) is 2.82. The summed E-state index contributed by atoms with van der Waals surface area (Å²) in [6.45, 7) is 4.99. The Morgan fingerprint density at radius 2 is 1.84 bits per heavy atom. The third kappa shape index (κ3) is 7.76. The minimum atomic E-state index is -0.481. The van der Waals surface area contributed by atoms with Crippen molar-refractivity contribution >= 4 is 17.3 Å². The van der Waals surface area contributed by atoms with Crippen LogP contribution in [-0.2, 0) is 25.7 Å². The number of hydrogen-bond acceptors (Lipinski definition) is 6. The molecule has 0 radical (unpaired) electrons. The molecule has 2 rings (SSSR count). The summed E-state index contributed by atoms with van der Waals surface area (Å²) in [6.07, 6.45) is 6.05. The molecule has 0 spiro atoms. The number of carbonyl (C=O) groups is 1. The Labute approximate surface area is 190 Å². The summed E-state index contributed by atoms with van der Waals surface area (Å²) in [5.41, 5.74) is 3.45. The van der Waals surface area contributed by atoms with Crippen LogP contribution in [0, 0.1) is 0 Å². The number of esters is 1. The van der Waals surface area contributed by atoms with E-state index in [1.807, 2.05) is 55.5 Å². The summed E-state index contributed by atoms with van der Waals surface area (Å²) < 4.78 is 15.8. The number of unbranched alkanes of at least 4 members (excludes halogenated alkanes) is 3. The van der Waals surface area contributed by atoms with Crippen LogP contribution >= 0.6 is 0 Å². The van der Waals surface area contributed by atoms with E-state index in [1.165, 1.54) is 39.7 Å². The molecular weight excluding hydrogens is 406 g/mol. The monoisotopic (exact) mass is 439 g/mol. The third-order valence-corrected chi connectivity index (χ3v) is 4.89. The molecule has 0 saturated heterocycles. The Hall–Kier alpha value is -3.28. The zero-order valence-electron chi connectivity index (χ0n) is 19.4. The number of carbonyl (C=O) groups excluding carboxylic acids is 1. The second kappa shape index (κ2) is 13.9. The summed E-state index contributed by atoms with van der Waals surface area (Å²) in [5.74, 6) is 0.344. The zero-order valence-corrected chi connectivity index (χ0v) is 19.4. The molecule has 0 N–H and O–H groups in total. The predicted molar refractivity (Wildman–Crippen MR) is 127 cm³/mol. The van der Waals surface area contributed by atoms with Gasteiger partial charge >= 0.3 is 5.97 Å². The van der Waals surface area contributed by atoms with Crippen molar-refractivity contribution in [1.29, 1.82) is 0 Å². The van der Waals surface area contributed by atoms with Crippen LogP contribution in [0.15, 0.2) is 59.9 Å². The second-order valence-corrected chi connectivity index (χ2v) is 7.30. The van der Waals surface area contributed by atoms with Gasteiger partial charge in [-0.25, -0.2) is 4.79 Å². The maximum absolute atomic E-state index is 12.1. The van der Waals surface area contributed by atoms with Crippen molar-refractivity contribution in [2.75, 3.05) is 20.8 Å². The molecule has 0 aliphatic carbocycles. The molecule has 0 heterocycles. The zero-order chi connectivity index (χ0) is 23.2. The van der Waals surface area contributed by atoms with Crippen molar-refractivity contribution in [3.63, 3.8) is 0 Å². The van der Waals surface area contributed by atoms with Gasteiger partial charge in [0.25, 0.3) is 0 Å². The van der Waals surface area contributed by atoms with Crippen molar-refractivity contribution in [2.45, 2.75) is 46.1 Å². The Bertz CT molecular complexity index is 920. The summed E-state index contributed by atoms with van der Waals surface area (Å²) in [4.78, 5) is 17.7. The maximum Gasteiger partial charge on any atom is 0.341 e. The topological polar surface area (TPSA) is 66.3 Å². The first kappa shape index (κ1) is 25.0. The molecule has 172 valence electrons. The molecule has 2 aromatic carbocycles. The Balaban J connectivity index is 2.04. The van der Waals surface area contributed by atoms with Gasteiger partial charge < -0.3 is 19.0 Å². The number of hydrogen-bond donors (Lipinski definition) is 0. The fourth-order valence-electron chi connectivity index (χ4n) is 3.14. The molecule has 0 amide bonds. The van der Waals surface area contributed by atoms with E-state index in [0.717, 1.165) is 29.0 Å². The molecule has 0 fully saturated rings. The lowest BCUT2D eigenvalue weighted by Gasteiger charge is -2.11. The van der Waals surface area contributed by atoms with Crippen LogP contribution in [0.3, 0.4) is 0 Å². The standard InChI is InChI=1S/C26H33NO5/c1-5-6-7-10-16-31-23-14-11-13-21(17-23)20(2)27-32-18-22-12-8-9-15-24(22)25(19-29-3)26(28)30-4/h8-9,11-15,17,19H,5-7,10,16,18H2,1-4H3/b25-19+,27-20+. The van der Waals surface area contributed by atoms with E-state index in [-0.39, 0.29) is 6.61 Å². The van der Waals surface area contributed by atoms with Gasteiger partial charge in [-0.1, -0.05) is 67.7 Å². The van der Waals surface area contributed by atoms with Gasteiger partial charge in [0.1, 0.15) is 17.9 Å². The number of benzene rings is 2. The molecule has 0 bridgehead atoms. The smallest absolute Gasteiger partial charge is 0.341 e. The Kier molecular flexibility index (Phi) is 10.9. The van der Waals surface area contributed by atoms with E-state index in [2.05, 4.69) is 12.1 Å². The SMILES string of the molecule is CCCCCCOc1cccc(/C(C)=N/OCc2ccccc2/C(=C\OC)C(=O)OC)c1. The van der Waals surface area contributed by atoms with Crippen LogP contribution in [0.5, 0.6) is 5.75 Å². The van der Waals surface area contributed by atoms with E-state index in [9.17, 15) is 4.79 Å². The van der Waals surface area contributed by atoms with Crippen LogP contribution in [0.2, 0.25) is 0 Å².